The number of nitrogens with one attached hydrogen (secondary N) is 2. The van der Waals surface area contributed by atoms with Gasteiger partial charge in [0.1, 0.15) is 6.04 Å². The molecule has 0 aliphatic carbocycles. The number of amides is 2. The van der Waals surface area contributed by atoms with Gasteiger partial charge in [-0.3, -0.25) is 14.1 Å². The Kier molecular flexibility index (Phi) is 4.22. The lowest BCUT2D eigenvalue weighted by Gasteiger charge is -2.18. The first-order chi connectivity index (χ1) is 8.16. The van der Waals surface area contributed by atoms with Crippen molar-refractivity contribution in [2.45, 2.75) is 30.6 Å². The van der Waals surface area contributed by atoms with Gasteiger partial charge in [0.2, 0.25) is 5.91 Å². The molecule has 1 aliphatic heterocycles. The number of rotatable bonds is 3. The second-order valence-corrected chi connectivity index (χ2v) is 5.27. The van der Waals surface area contributed by atoms with Crippen LogP contribution >= 0.6 is 0 Å². The van der Waals surface area contributed by atoms with Crippen LogP contribution in [0.2, 0.25) is 0 Å². The van der Waals surface area contributed by atoms with Crippen molar-refractivity contribution in [1.82, 2.24) is 10.6 Å². The minimum atomic E-state index is -5.86. The van der Waals surface area contributed by atoms with Gasteiger partial charge in [0, 0.05) is 6.54 Å². The lowest BCUT2D eigenvalue weighted by Crippen LogP contribution is -2.53. The fraction of sp³-hybridized carbons (Fsp3) is 0.750. The quantitative estimate of drug-likeness (QED) is 0.591. The third-order valence-electron chi connectivity index (χ3n) is 2.43. The summed E-state index contributed by atoms with van der Waals surface area (Å²) in [5.74, 6) is -2.88. The molecule has 0 bridgehead atoms. The van der Waals surface area contributed by atoms with Crippen LogP contribution in [0.5, 0.6) is 0 Å². The summed E-state index contributed by atoms with van der Waals surface area (Å²) in [6.45, 7) is 0.361. The molecule has 0 aromatic carbocycles. The SMILES string of the molecule is O=C1NCCCCC1NC(=O)C(F)(F)S(=O)(=O)O. The zero-order chi connectivity index (χ0) is 14.0. The van der Waals surface area contributed by atoms with Crippen molar-refractivity contribution in [3.05, 3.63) is 0 Å². The highest BCUT2D eigenvalue weighted by Crippen LogP contribution is 2.21. The molecule has 1 unspecified atom stereocenters. The minimum absolute atomic E-state index is 0.124. The van der Waals surface area contributed by atoms with E-state index in [1.54, 1.807) is 5.32 Å². The van der Waals surface area contributed by atoms with Gasteiger partial charge in [-0.15, -0.1) is 0 Å². The van der Waals surface area contributed by atoms with Crippen molar-refractivity contribution in [2.75, 3.05) is 6.54 Å². The second kappa shape index (κ2) is 5.14. The fourth-order valence-corrected chi connectivity index (χ4v) is 1.73. The van der Waals surface area contributed by atoms with E-state index in [0.717, 1.165) is 0 Å². The van der Waals surface area contributed by atoms with Crippen molar-refractivity contribution < 1.29 is 31.3 Å². The highest BCUT2D eigenvalue weighted by Gasteiger charge is 2.53. The third kappa shape index (κ3) is 3.13. The Labute approximate surface area is 102 Å². The van der Waals surface area contributed by atoms with Crippen LogP contribution in [0, 0.1) is 0 Å². The number of carbonyl (C=O) groups excluding carboxylic acids is 2. The number of halogens is 2. The highest BCUT2D eigenvalue weighted by atomic mass is 32.2. The van der Waals surface area contributed by atoms with E-state index >= 15 is 0 Å². The number of carbonyl (C=O) groups is 2. The van der Waals surface area contributed by atoms with Crippen LogP contribution in [0.25, 0.3) is 0 Å². The average molecular weight is 286 g/mol. The Morgan fingerprint density at radius 3 is 2.61 bits per heavy atom. The normalized spacial score (nSPS) is 21.9. The molecule has 0 aromatic rings. The minimum Gasteiger partial charge on any atom is -0.354 e. The van der Waals surface area contributed by atoms with E-state index in [1.807, 2.05) is 0 Å². The standard InChI is InChI=1S/C8H12F2N2O5S/c9-8(10,18(15,16)17)7(14)12-5-3-1-2-4-11-6(5)13/h5H,1-4H2,(H,11,13)(H,12,14)(H,15,16,17). The monoisotopic (exact) mass is 286 g/mol. The van der Waals surface area contributed by atoms with Crippen LogP contribution in [0.15, 0.2) is 0 Å². The Bertz CT molecular complexity index is 450. The van der Waals surface area contributed by atoms with E-state index in [1.165, 1.54) is 0 Å². The Morgan fingerprint density at radius 2 is 2.06 bits per heavy atom. The molecule has 0 aromatic heterocycles. The molecule has 10 heteroatoms. The summed E-state index contributed by atoms with van der Waals surface area (Å²) in [5, 5.41) is -0.978. The molecule has 104 valence electrons. The lowest BCUT2D eigenvalue weighted by atomic mass is 10.1. The Hall–Kier alpha value is -1.29. The van der Waals surface area contributed by atoms with Gasteiger partial charge in [0.25, 0.3) is 0 Å². The van der Waals surface area contributed by atoms with Crippen LogP contribution in [-0.4, -0.2) is 42.6 Å². The van der Waals surface area contributed by atoms with Gasteiger partial charge < -0.3 is 10.6 Å². The van der Waals surface area contributed by atoms with E-state index in [9.17, 15) is 26.8 Å². The largest absolute Gasteiger partial charge is 0.446 e. The van der Waals surface area contributed by atoms with Crippen LogP contribution in [-0.2, 0) is 19.7 Å². The molecule has 0 saturated carbocycles. The molecule has 2 amide bonds. The molecule has 1 rings (SSSR count). The molecular formula is C8H12F2N2O5S. The van der Waals surface area contributed by atoms with Gasteiger partial charge in [-0.25, -0.2) is 0 Å². The average Bonchev–Trinajstić information content (AvgIpc) is 2.42. The van der Waals surface area contributed by atoms with Crippen LogP contribution in [0.3, 0.4) is 0 Å². The maximum absolute atomic E-state index is 12.9. The third-order valence-corrected chi connectivity index (χ3v) is 3.26. The molecule has 7 nitrogen and oxygen atoms in total. The first-order valence-electron chi connectivity index (χ1n) is 5.10. The molecular weight excluding hydrogens is 274 g/mol. The molecule has 3 N–H and O–H groups in total. The van der Waals surface area contributed by atoms with E-state index in [-0.39, 0.29) is 6.42 Å². The second-order valence-electron chi connectivity index (χ2n) is 3.80. The highest BCUT2D eigenvalue weighted by molar-refractivity contribution is 7.87. The Morgan fingerprint density at radius 1 is 1.44 bits per heavy atom. The predicted molar refractivity (Wildman–Crippen MR) is 55.3 cm³/mol. The summed E-state index contributed by atoms with van der Waals surface area (Å²) in [7, 11) is -5.86. The Balaban J connectivity index is 2.78. The van der Waals surface area contributed by atoms with Crippen molar-refractivity contribution in [3.8, 4) is 0 Å². The van der Waals surface area contributed by atoms with Gasteiger partial charge in [0.05, 0.1) is 0 Å². The molecule has 1 heterocycles. The summed E-state index contributed by atoms with van der Waals surface area (Å²) >= 11 is 0. The number of hydrogen-bond donors (Lipinski definition) is 3. The van der Waals surface area contributed by atoms with Crippen molar-refractivity contribution in [1.29, 1.82) is 0 Å². The van der Waals surface area contributed by atoms with Gasteiger partial charge >= 0.3 is 21.3 Å². The molecule has 0 spiro atoms. The van der Waals surface area contributed by atoms with E-state index in [4.69, 9.17) is 4.55 Å². The van der Waals surface area contributed by atoms with Crippen molar-refractivity contribution in [3.63, 3.8) is 0 Å². The molecule has 1 fully saturated rings. The topological polar surface area (TPSA) is 113 Å². The van der Waals surface area contributed by atoms with Crippen molar-refractivity contribution in [2.24, 2.45) is 0 Å². The zero-order valence-corrected chi connectivity index (χ0v) is 9.97. The van der Waals surface area contributed by atoms with Gasteiger partial charge in [-0.05, 0) is 19.3 Å². The maximum Gasteiger partial charge on any atom is 0.446 e. The number of alkyl halides is 2. The first-order valence-corrected chi connectivity index (χ1v) is 6.54. The van der Waals surface area contributed by atoms with E-state index in [0.29, 0.717) is 19.4 Å². The molecule has 0 radical (unpaired) electrons. The predicted octanol–water partition coefficient (Wildman–Crippen LogP) is -0.748. The van der Waals surface area contributed by atoms with Crippen LogP contribution in [0.4, 0.5) is 8.78 Å². The lowest BCUT2D eigenvalue weighted by molar-refractivity contribution is -0.139. The fourth-order valence-electron chi connectivity index (χ4n) is 1.44. The summed E-state index contributed by atoms with van der Waals surface area (Å²) in [6, 6.07) is -1.23. The summed E-state index contributed by atoms with van der Waals surface area (Å²) < 4.78 is 54.7. The smallest absolute Gasteiger partial charge is 0.354 e. The number of hydrogen-bond acceptors (Lipinski definition) is 4. The first kappa shape index (κ1) is 14.8. The molecule has 1 saturated heterocycles. The summed E-state index contributed by atoms with van der Waals surface area (Å²) in [6.07, 6.45) is 1.27. The van der Waals surface area contributed by atoms with Gasteiger partial charge in [-0.1, -0.05) is 0 Å². The molecule has 18 heavy (non-hydrogen) atoms. The van der Waals surface area contributed by atoms with Gasteiger partial charge in [-0.2, -0.15) is 17.2 Å². The van der Waals surface area contributed by atoms with Gasteiger partial charge in [0.15, 0.2) is 0 Å². The summed E-state index contributed by atoms with van der Waals surface area (Å²) in [5.41, 5.74) is 0. The molecule has 1 atom stereocenters. The maximum atomic E-state index is 12.9. The summed E-state index contributed by atoms with van der Waals surface area (Å²) in [4.78, 5) is 22.4. The van der Waals surface area contributed by atoms with Crippen molar-refractivity contribution >= 4 is 21.9 Å². The van der Waals surface area contributed by atoms with E-state index in [2.05, 4.69) is 5.32 Å². The van der Waals surface area contributed by atoms with Crippen LogP contribution < -0.4 is 10.6 Å². The molecule has 1 aliphatic rings. The van der Waals surface area contributed by atoms with E-state index < -0.39 is 33.2 Å². The zero-order valence-electron chi connectivity index (χ0n) is 9.15. The van der Waals surface area contributed by atoms with Crippen LogP contribution in [0.1, 0.15) is 19.3 Å².